The minimum Gasteiger partial charge on any atom is -0.364 e. The molecule has 4 nitrogen and oxygen atoms in total. The molecule has 3 N–H and O–H groups in total. The smallest absolute Gasteiger partial charge is 0.253 e. The van der Waals surface area contributed by atoms with Crippen LogP contribution in [0.5, 0.6) is 0 Å². The summed E-state index contributed by atoms with van der Waals surface area (Å²) in [6, 6.07) is 6.06. The van der Waals surface area contributed by atoms with E-state index in [1.807, 2.05) is 25.1 Å². The fraction of sp³-hybridized carbons (Fsp3) is 0.533. The standard InChI is InChI=1S/C15H22N2O2.ClH/c1-3-11-6-4-5-10(2)14(11)17-15(18)13-8-7-12(9-16)19-13;/h4-6,12-13H,3,7-9,16H2,1-2H3,(H,17,18);1H/t12-,13+;/m1./s1. The van der Waals surface area contributed by atoms with Crippen molar-refractivity contribution in [3.63, 3.8) is 0 Å². The van der Waals surface area contributed by atoms with Gasteiger partial charge >= 0.3 is 0 Å². The molecule has 0 spiro atoms. The lowest BCUT2D eigenvalue weighted by Crippen LogP contribution is -2.30. The number of carbonyl (C=O) groups is 1. The van der Waals surface area contributed by atoms with Crippen molar-refractivity contribution in [1.82, 2.24) is 0 Å². The lowest BCUT2D eigenvalue weighted by molar-refractivity contribution is -0.126. The van der Waals surface area contributed by atoms with E-state index in [4.69, 9.17) is 10.5 Å². The number of halogens is 1. The summed E-state index contributed by atoms with van der Waals surface area (Å²) in [5, 5.41) is 3.01. The predicted octanol–water partition coefficient (Wildman–Crippen LogP) is 2.42. The lowest BCUT2D eigenvalue weighted by Gasteiger charge is -2.16. The van der Waals surface area contributed by atoms with Crippen molar-refractivity contribution in [3.8, 4) is 0 Å². The number of para-hydroxylation sites is 1. The van der Waals surface area contributed by atoms with Crippen LogP contribution in [-0.4, -0.2) is 24.7 Å². The van der Waals surface area contributed by atoms with Crippen LogP contribution >= 0.6 is 12.4 Å². The van der Waals surface area contributed by atoms with Gasteiger partial charge in [-0.3, -0.25) is 4.79 Å². The maximum atomic E-state index is 12.2. The molecule has 1 aromatic carbocycles. The third kappa shape index (κ3) is 3.72. The Morgan fingerprint density at radius 3 is 2.80 bits per heavy atom. The normalized spacial score (nSPS) is 21.4. The van der Waals surface area contributed by atoms with Crippen molar-refractivity contribution >= 4 is 24.0 Å². The van der Waals surface area contributed by atoms with E-state index in [2.05, 4.69) is 12.2 Å². The first-order chi connectivity index (χ1) is 9.15. The Hall–Kier alpha value is -1.10. The molecule has 1 aliphatic rings. The quantitative estimate of drug-likeness (QED) is 0.897. The van der Waals surface area contributed by atoms with Crippen molar-refractivity contribution < 1.29 is 9.53 Å². The molecule has 1 heterocycles. The Morgan fingerprint density at radius 1 is 1.45 bits per heavy atom. The van der Waals surface area contributed by atoms with Crippen LogP contribution in [0.1, 0.15) is 30.9 Å². The maximum Gasteiger partial charge on any atom is 0.253 e. The van der Waals surface area contributed by atoms with Crippen LogP contribution in [-0.2, 0) is 16.0 Å². The molecule has 2 atom stereocenters. The molecule has 1 amide bonds. The van der Waals surface area contributed by atoms with Crippen molar-refractivity contribution in [2.45, 2.75) is 45.3 Å². The number of benzene rings is 1. The van der Waals surface area contributed by atoms with Crippen LogP contribution in [0.3, 0.4) is 0 Å². The van der Waals surface area contributed by atoms with E-state index in [-0.39, 0.29) is 30.5 Å². The van der Waals surface area contributed by atoms with Crippen molar-refractivity contribution in [3.05, 3.63) is 29.3 Å². The second-order valence-corrected chi connectivity index (χ2v) is 5.01. The summed E-state index contributed by atoms with van der Waals surface area (Å²) in [7, 11) is 0. The number of anilines is 1. The van der Waals surface area contributed by atoms with Gasteiger partial charge in [0.25, 0.3) is 5.91 Å². The summed E-state index contributed by atoms with van der Waals surface area (Å²) < 4.78 is 5.62. The fourth-order valence-corrected chi connectivity index (χ4v) is 2.48. The molecule has 5 heteroatoms. The summed E-state index contributed by atoms with van der Waals surface area (Å²) in [6.45, 7) is 4.57. The number of amides is 1. The number of nitrogens with two attached hydrogens (primary N) is 1. The second-order valence-electron chi connectivity index (χ2n) is 5.01. The molecule has 0 saturated carbocycles. The van der Waals surface area contributed by atoms with Gasteiger partial charge in [0, 0.05) is 12.2 Å². The molecule has 1 aromatic rings. The third-order valence-corrected chi connectivity index (χ3v) is 3.65. The Balaban J connectivity index is 0.00000200. The molecule has 20 heavy (non-hydrogen) atoms. The number of carbonyl (C=O) groups excluding carboxylic acids is 1. The first-order valence-corrected chi connectivity index (χ1v) is 6.90. The molecular weight excluding hydrogens is 276 g/mol. The van der Waals surface area contributed by atoms with Crippen molar-refractivity contribution in [1.29, 1.82) is 0 Å². The van der Waals surface area contributed by atoms with Gasteiger partial charge in [0.15, 0.2) is 0 Å². The first kappa shape index (κ1) is 17.0. The zero-order valence-electron chi connectivity index (χ0n) is 12.0. The van der Waals surface area contributed by atoms with Gasteiger partial charge in [-0.2, -0.15) is 0 Å². The summed E-state index contributed by atoms with van der Waals surface area (Å²) in [5.74, 6) is -0.0556. The van der Waals surface area contributed by atoms with Crippen LogP contribution in [0.4, 0.5) is 5.69 Å². The zero-order chi connectivity index (χ0) is 13.8. The molecule has 112 valence electrons. The van der Waals surface area contributed by atoms with E-state index in [1.165, 1.54) is 0 Å². The Morgan fingerprint density at radius 2 is 2.20 bits per heavy atom. The SMILES string of the molecule is CCc1cccc(C)c1NC(=O)[C@@H]1CC[C@H](CN)O1.Cl. The highest BCUT2D eigenvalue weighted by Crippen LogP contribution is 2.24. The van der Waals surface area contributed by atoms with Gasteiger partial charge < -0.3 is 15.8 Å². The van der Waals surface area contributed by atoms with Crippen LogP contribution in [0.25, 0.3) is 0 Å². The minimum absolute atomic E-state index is 0. The Labute approximate surface area is 126 Å². The summed E-state index contributed by atoms with van der Waals surface area (Å²) >= 11 is 0. The van der Waals surface area contributed by atoms with E-state index >= 15 is 0 Å². The molecule has 1 saturated heterocycles. The van der Waals surface area contributed by atoms with Crippen LogP contribution < -0.4 is 11.1 Å². The van der Waals surface area contributed by atoms with Crippen LogP contribution in [0.15, 0.2) is 18.2 Å². The van der Waals surface area contributed by atoms with Gasteiger partial charge in [0.2, 0.25) is 0 Å². The summed E-state index contributed by atoms with van der Waals surface area (Å²) in [4.78, 5) is 12.2. The molecule has 0 unspecified atom stereocenters. The van der Waals surface area contributed by atoms with E-state index in [1.54, 1.807) is 0 Å². The number of hydrogen-bond donors (Lipinski definition) is 2. The summed E-state index contributed by atoms with van der Waals surface area (Å²) in [6.07, 6.45) is 2.18. The number of rotatable bonds is 4. The lowest BCUT2D eigenvalue weighted by atomic mass is 10.1. The topological polar surface area (TPSA) is 64.4 Å². The highest BCUT2D eigenvalue weighted by atomic mass is 35.5. The Bertz CT molecular complexity index is 465. The average molecular weight is 299 g/mol. The van der Waals surface area contributed by atoms with Crippen molar-refractivity contribution in [2.24, 2.45) is 5.73 Å². The van der Waals surface area contributed by atoms with Crippen LogP contribution in [0.2, 0.25) is 0 Å². The zero-order valence-corrected chi connectivity index (χ0v) is 12.8. The molecule has 2 rings (SSSR count). The van der Waals surface area contributed by atoms with Crippen LogP contribution in [0, 0.1) is 6.92 Å². The second kappa shape index (κ2) is 7.62. The summed E-state index contributed by atoms with van der Waals surface area (Å²) in [5.41, 5.74) is 8.73. The highest BCUT2D eigenvalue weighted by Gasteiger charge is 2.30. The maximum absolute atomic E-state index is 12.2. The first-order valence-electron chi connectivity index (χ1n) is 6.90. The third-order valence-electron chi connectivity index (χ3n) is 3.65. The number of hydrogen-bond acceptors (Lipinski definition) is 3. The minimum atomic E-state index is -0.363. The molecule has 1 aliphatic heterocycles. The predicted molar refractivity (Wildman–Crippen MR) is 83.4 cm³/mol. The van der Waals surface area contributed by atoms with E-state index in [0.717, 1.165) is 36.1 Å². The molecule has 0 aromatic heterocycles. The fourth-order valence-electron chi connectivity index (χ4n) is 2.48. The van der Waals surface area contributed by atoms with E-state index in [0.29, 0.717) is 6.54 Å². The van der Waals surface area contributed by atoms with Gasteiger partial charge in [-0.1, -0.05) is 25.1 Å². The number of ether oxygens (including phenoxy) is 1. The van der Waals surface area contributed by atoms with Gasteiger partial charge in [-0.25, -0.2) is 0 Å². The van der Waals surface area contributed by atoms with Gasteiger partial charge in [-0.15, -0.1) is 12.4 Å². The van der Waals surface area contributed by atoms with Gasteiger partial charge in [0.1, 0.15) is 6.10 Å². The average Bonchev–Trinajstić information content (AvgIpc) is 2.90. The number of aryl methyl sites for hydroxylation is 2. The molecule has 0 aliphatic carbocycles. The molecule has 0 radical (unpaired) electrons. The number of nitrogens with one attached hydrogen (secondary N) is 1. The highest BCUT2D eigenvalue weighted by molar-refractivity contribution is 5.95. The van der Waals surface area contributed by atoms with E-state index < -0.39 is 0 Å². The largest absolute Gasteiger partial charge is 0.364 e. The van der Waals surface area contributed by atoms with Gasteiger partial charge in [0.05, 0.1) is 6.10 Å². The van der Waals surface area contributed by atoms with Gasteiger partial charge in [-0.05, 0) is 37.3 Å². The monoisotopic (exact) mass is 298 g/mol. The molecular formula is C15H23ClN2O2. The Kier molecular flexibility index (Phi) is 6.46. The van der Waals surface area contributed by atoms with E-state index in [9.17, 15) is 4.79 Å². The van der Waals surface area contributed by atoms with Crippen molar-refractivity contribution in [2.75, 3.05) is 11.9 Å². The molecule has 1 fully saturated rings. The molecule has 0 bridgehead atoms.